The molecule has 0 atom stereocenters. The highest BCUT2D eigenvalue weighted by molar-refractivity contribution is 5.96. The first kappa shape index (κ1) is 18.9. The molecule has 144 valence electrons. The van der Waals surface area contributed by atoms with E-state index in [4.69, 9.17) is 9.47 Å². The summed E-state index contributed by atoms with van der Waals surface area (Å²) in [5, 5.41) is 2.68. The number of hydrogen-bond donors (Lipinski definition) is 1. The fraction of sp³-hybridized carbons (Fsp3) is 0.389. The number of rotatable bonds is 4. The Balaban J connectivity index is 1.66. The Labute approximate surface area is 153 Å². The molecule has 1 N–H and O–H groups in total. The van der Waals surface area contributed by atoms with Crippen molar-refractivity contribution in [3.8, 4) is 11.5 Å². The minimum Gasteiger partial charge on any atom is -0.486 e. The van der Waals surface area contributed by atoms with Crippen LogP contribution in [0, 0.1) is 13.8 Å². The summed E-state index contributed by atoms with van der Waals surface area (Å²) >= 11 is 0. The maximum absolute atomic E-state index is 12.8. The molecule has 1 aliphatic rings. The molecule has 3 rings (SSSR count). The van der Waals surface area contributed by atoms with E-state index in [1.165, 1.54) is 6.92 Å². The third-order valence-corrected chi connectivity index (χ3v) is 3.96. The second-order valence-electron chi connectivity index (χ2n) is 6.13. The molecule has 0 radical (unpaired) electrons. The zero-order chi connectivity index (χ0) is 19.6. The Bertz CT molecular complexity index is 869. The molecule has 0 bridgehead atoms. The summed E-state index contributed by atoms with van der Waals surface area (Å²) in [5.41, 5.74) is 0.364. The van der Waals surface area contributed by atoms with Crippen molar-refractivity contribution < 1.29 is 27.4 Å². The van der Waals surface area contributed by atoms with Crippen LogP contribution in [0.5, 0.6) is 11.5 Å². The van der Waals surface area contributed by atoms with E-state index in [1.54, 1.807) is 19.1 Å². The summed E-state index contributed by atoms with van der Waals surface area (Å²) in [6.45, 7) is 4.20. The number of aryl methyl sites for hydroxylation is 2. The molecule has 2 aromatic rings. The van der Waals surface area contributed by atoms with Gasteiger partial charge in [0.25, 0.3) is 5.91 Å². The molecule has 1 amide bonds. The second-order valence-corrected chi connectivity index (χ2v) is 6.13. The van der Waals surface area contributed by atoms with Crippen LogP contribution in [0.3, 0.4) is 0 Å². The molecule has 1 aliphatic heterocycles. The van der Waals surface area contributed by atoms with Gasteiger partial charge in [-0.05, 0) is 37.6 Å². The van der Waals surface area contributed by atoms with Gasteiger partial charge in [0.15, 0.2) is 11.5 Å². The van der Waals surface area contributed by atoms with Gasteiger partial charge in [-0.2, -0.15) is 13.2 Å². The number of fused-ring (bicyclic) bond motifs is 1. The minimum absolute atomic E-state index is 0.0292. The average Bonchev–Trinajstić information content (AvgIpc) is 2.59. The Morgan fingerprint density at radius 2 is 1.78 bits per heavy atom. The number of halogens is 3. The van der Waals surface area contributed by atoms with E-state index in [0.29, 0.717) is 35.8 Å². The van der Waals surface area contributed by atoms with Gasteiger partial charge in [-0.15, -0.1) is 0 Å². The summed E-state index contributed by atoms with van der Waals surface area (Å²) in [7, 11) is 0. The molecule has 0 saturated heterocycles. The first-order valence-corrected chi connectivity index (χ1v) is 8.34. The number of hydrogen-bond acceptors (Lipinski definition) is 5. The number of nitrogens with one attached hydrogen (secondary N) is 1. The maximum Gasteiger partial charge on any atom is 0.433 e. The molecule has 27 heavy (non-hydrogen) atoms. The summed E-state index contributed by atoms with van der Waals surface area (Å²) in [4.78, 5) is 19.9. The zero-order valence-electron chi connectivity index (χ0n) is 14.8. The third-order valence-electron chi connectivity index (χ3n) is 3.96. The SMILES string of the molecule is Cc1cc(C(F)(F)F)nc(CCNC(=O)c2cc3c(cc2C)OCCO3)n1. The van der Waals surface area contributed by atoms with Crippen LogP contribution in [-0.2, 0) is 12.6 Å². The highest BCUT2D eigenvalue weighted by atomic mass is 19.4. The highest BCUT2D eigenvalue weighted by Gasteiger charge is 2.33. The Morgan fingerprint density at radius 1 is 1.11 bits per heavy atom. The Kier molecular flexibility index (Phi) is 5.20. The quantitative estimate of drug-likeness (QED) is 0.882. The van der Waals surface area contributed by atoms with Crippen molar-refractivity contribution in [1.29, 1.82) is 0 Å². The van der Waals surface area contributed by atoms with Crippen molar-refractivity contribution in [1.82, 2.24) is 15.3 Å². The Morgan fingerprint density at radius 3 is 2.44 bits per heavy atom. The molecule has 0 unspecified atom stereocenters. The lowest BCUT2D eigenvalue weighted by molar-refractivity contribution is -0.141. The first-order chi connectivity index (χ1) is 12.7. The lowest BCUT2D eigenvalue weighted by atomic mass is 10.1. The van der Waals surface area contributed by atoms with Gasteiger partial charge in [-0.25, -0.2) is 9.97 Å². The topological polar surface area (TPSA) is 73.3 Å². The van der Waals surface area contributed by atoms with Gasteiger partial charge in [0.05, 0.1) is 0 Å². The second kappa shape index (κ2) is 7.42. The number of carbonyl (C=O) groups is 1. The lowest BCUT2D eigenvalue weighted by Gasteiger charge is -2.20. The van der Waals surface area contributed by atoms with Crippen molar-refractivity contribution >= 4 is 5.91 Å². The van der Waals surface area contributed by atoms with Gasteiger partial charge < -0.3 is 14.8 Å². The van der Waals surface area contributed by atoms with Gasteiger partial charge in [0.1, 0.15) is 24.7 Å². The first-order valence-electron chi connectivity index (χ1n) is 8.34. The molecule has 1 aromatic heterocycles. The number of benzene rings is 1. The molecule has 2 heterocycles. The van der Waals surface area contributed by atoms with Crippen LogP contribution in [0.4, 0.5) is 13.2 Å². The van der Waals surface area contributed by atoms with Crippen molar-refractivity contribution in [2.75, 3.05) is 19.8 Å². The normalized spacial score (nSPS) is 13.4. The standard InChI is InChI=1S/C18H18F3N3O3/c1-10-7-13-14(27-6-5-26-13)9-12(10)17(25)22-4-3-16-23-11(2)8-15(24-16)18(19,20)21/h7-9H,3-6H2,1-2H3,(H,22,25). The zero-order valence-corrected chi connectivity index (χ0v) is 14.8. The van der Waals surface area contributed by atoms with Gasteiger partial charge in [-0.1, -0.05) is 0 Å². The minimum atomic E-state index is -4.53. The molecule has 0 saturated carbocycles. The number of aromatic nitrogens is 2. The van der Waals surface area contributed by atoms with Crippen LogP contribution in [0.2, 0.25) is 0 Å². The molecular weight excluding hydrogens is 363 g/mol. The smallest absolute Gasteiger partial charge is 0.433 e. The number of nitrogens with zero attached hydrogens (tertiary/aromatic N) is 2. The van der Waals surface area contributed by atoms with Crippen molar-refractivity contribution in [2.24, 2.45) is 0 Å². The predicted octanol–water partition coefficient (Wildman–Crippen LogP) is 2.86. The van der Waals surface area contributed by atoms with E-state index in [9.17, 15) is 18.0 Å². The predicted molar refractivity (Wildman–Crippen MR) is 90.0 cm³/mol. The van der Waals surface area contributed by atoms with Gasteiger partial charge in [0.2, 0.25) is 0 Å². The maximum atomic E-state index is 12.8. The fourth-order valence-electron chi connectivity index (χ4n) is 2.71. The van der Waals surface area contributed by atoms with E-state index >= 15 is 0 Å². The molecule has 1 aromatic carbocycles. The number of ether oxygens (including phenoxy) is 2. The van der Waals surface area contributed by atoms with Gasteiger partial charge in [0, 0.05) is 24.2 Å². The lowest BCUT2D eigenvalue weighted by Crippen LogP contribution is -2.27. The van der Waals surface area contributed by atoms with Gasteiger partial charge >= 0.3 is 6.18 Å². The van der Waals surface area contributed by atoms with E-state index in [2.05, 4.69) is 15.3 Å². The van der Waals surface area contributed by atoms with E-state index in [0.717, 1.165) is 6.07 Å². The molecule has 0 fully saturated rings. The largest absolute Gasteiger partial charge is 0.486 e. The van der Waals surface area contributed by atoms with E-state index < -0.39 is 11.9 Å². The van der Waals surface area contributed by atoms with E-state index in [-0.39, 0.29) is 30.4 Å². The third kappa shape index (κ3) is 4.47. The molecule has 6 nitrogen and oxygen atoms in total. The van der Waals surface area contributed by atoms with Crippen LogP contribution in [0.1, 0.15) is 33.1 Å². The highest BCUT2D eigenvalue weighted by Crippen LogP contribution is 2.33. The summed E-state index contributed by atoms with van der Waals surface area (Å²) in [6, 6.07) is 4.22. The van der Waals surface area contributed by atoms with Crippen LogP contribution >= 0.6 is 0 Å². The van der Waals surface area contributed by atoms with Crippen LogP contribution < -0.4 is 14.8 Å². The van der Waals surface area contributed by atoms with Crippen molar-refractivity contribution in [3.63, 3.8) is 0 Å². The molecule has 0 spiro atoms. The summed E-state index contributed by atoms with van der Waals surface area (Å²) < 4.78 is 49.4. The monoisotopic (exact) mass is 381 g/mol. The Hall–Kier alpha value is -2.84. The molecule has 9 heteroatoms. The number of alkyl halides is 3. The van der Waals surface area contributed by atoms with Crippen LogP contribution in [-0.4, -0.2) is 35.6 Å². The van der Waals surface area contributed by atoms with Crippen LogP contribution in [0.15, 0.2) is 18.2 Å². The number of carbonyl (C=O) groups excluding carboxylic acids is 1. The number of amides is 1. The summed E-state index contributed by atoms with van der Waals surface area (Å²) in [6.07, 6.45) is -4.45. The molecular formula is C18H18F3N3O3. The summed E-state index contributed by atoms with van der Waals surface area (Å²) in [5.74, 6) is 0.756. The van der Waals surface area contributed by atoms with Crippen molar-refractivity contribution in [2.45, 2.75) is 26.4 Å². The van der Waals surface area contributed by atoms with Crippen LogP contribution in [0.25, 0.3) is 0 Å². The van der Waals surface area contributed by atoms with E-state index in [1.807, 2.05) is 0 Å². The average molecular weight is 381 g/mol. The van der Waals surface area contributed by atoms with Gasteiger partial charge in [-0.3, -0.25) is 4.79 Å². The van der Waals surface area contributed by atoms with Crippen molar-refractivity contribution in [3.05, 3.63) is 46.5 Å². The fourth-order valence-corrected chi connectivity index (χ4v) is 2.71. The molecule has 0 aliphatic carbocycles.